The van der Waals surface area contributed by atoms with E-state index in [4.69, 9.17) is 0 Å². The molecule has 0 aliphatic heterocycles. The topological polar surface area (TPSA) is 85.1 Å². The Morgan fingerprint density at radius 1 is 1.15 bits per heavy atom. The van der Waals surface area contributed by atoms with Gasteiger partial charge in [0.1, 0.15) is 6.04 Å². The van der Waals surface area contributed by atoms with Crippen LogP contribution in [0, 0.1) is 13.8 Å². The van der Waals surface area contributed by atoms with Gasteiger partial charge in [0, 0.05) is 12.6 Å². The Labute approximate surface area is 200 Å². The number of rotatable bonds is 8. The fraction of sp³-hybridized carbons (Fsp3) is 0.538. The number of nitrogens with zero attached hydrogens (tertiary/aromatic N) is 5. The molecule has 4 rings (SSSR count). The van der Waals surface area contributed by atoms with Crippen LogP contribution in [-0.2, 0) is 4.79 Å². The van der Waals surface area contributed by atoms with Gasteiger partial charge in [0.05, 0.1) is 22.5 Å². The average Bonchev–Trinajstić information content (AvgIpc) is 3.22. The first-order valence-electron chi connectivity index (χ1n) is 12.4. The molecule has 2 aromatic heterocycles. The van der Waals surface area contributed by atoms with Crippen molar-refractivity contribution in [3.8, 4) is 5.69 Å². The molecule has 0 saturated heterocycles. The van der Waals surface area contributed by atoms with Crippen LogP contribution in [-0.4, -0.2) is 56.5 Å². The molecule has 182 valence electrons. The van der Waals surface area contributed by atoms with E-state index in [1.54, 1.807) is 11.6 Å². The molecule has 1 unspecified atom stereocenters. The van der Waals surface area contributed by atoms with E-state index in [1.165, 1.54) is 36.8 Å². The van der Waals surface area contributed by atoms with Gasteiger partial charge in [-0.3, -0.25) is 9.59 Å². The minimum Gasteiger partial charge on any atom is -0.354 e. The van der Waals surface area contributed by atoms with E-state index < -0.39 is 6.04 Å². The lowest BCUT2D eigenvalue weighted by Gasteiger charge is -2.31. The highest BCUT2D eigenvalue weighted by Crippen LogP contribution is 2.22. The van der Waals surface area contributed by atoms with Gasteiger partial charge in [0.15, 0.2) is 5.52 Å². The Morgan fingerprint density at radius 2 is 1.85 bits per heavy atom. The fourth-order valence-corrected chi connectivity index (χ4v) is 5.04. The van der Waals surface area contributed by atoms with Crippen molar-refractivity contribution in [2.45, 2.75) is 71.4 Å². The zero-order valence-electron chi connectivity index (χ0n) is 20.8. The lowest BCUT2D eigenvalue weighted by molar-refractivity contribution is -0.124. The van der Waals surface area contributed by atoms with Gasteiger partial charge in [-0.1, -0.05) is 37.5 Å². The van der Waals surface area contributed by atoms with Crippen LogP contribution in [0.1, 0.15) is 62.9 Å². The Hall–Kier alpha value is -3.00. The van der Waals surface area contributed by atoms with Gasteiger partial charge in [0.25, 0.3) is 5.56 Å². The lowest BCUT2D eigenvalue weighted by Crippen LogP contribution is -2.39. The van der Waals surface area contributed by atoms with Crippen LogP contribution in [0.15, 0.2) is 35.1 Å². The summed E-state index contributed by atoms with van der Waals surface area (Å²) in [6.07, 6.45) is 7.41. The quantitative estimate of drug-likeness (QED) is 0.516. The van der Waals surface area contributed by atoms with E-state index >= 15 is 0 Å². The molecule has 1 amide bonds. The summed E-state index contributed by atoms with van der Waals surface area (Å²) in [6.45, 7) is 7.04. The highest BCUT2D eigenvalue weighted by molar-refractivity contribution is 5.84. The van der Waals surface area contributed by atoms with Crippen LogP contribution in [0.4, 0.5) is 0 Å². The molecule has 0 spiro atoms. The smallest absolute Gasteiger partial charge is 0.295 e. The monoisotopic (exact) mass is 464 g/mol. The molecule has 3 aromatic rings. The molecular formula is C26H36N6O2. The number of amides is 1. The Morgan fingerprint density at radius 3 is 2.56 bits per heavy atom. The molecule has 1 aliphatic carbocycles. The number of fused-ring (bicyclic) bond motifs is 1. The van der Waals surface area contributed by atoms with Gasteiger partial charge in [-0.2, -0.15) is 10.2 Å². The SMILES string of the molecule is Cc1nn(C(C)C(=O)NCCCN(C)C2CCCCC2)c(=O)c2nn(-c3ccccc3)c(C)c12. The first-order valence-corrected chi connectivity index (χ1v) is 12.4. The highest BCUT2D eigenvalue weighted by Gasteiger charge is 2.23. The normalized spacial score (nSPS) is 15.7. The maximum atomic E-state index is 13.3. The van der Waals surface area contributed by atoms with E-state index in [2.05, 4.69) is 27.5 Å². The van der Waals surface area contributed by atoms with Crippen LogP contribution >= 0.6 is 0 Å². The van der Waals surface area contributed by atoms with Crippen molar-refractivity contribution in [3.63, 3.8) is 0 Å². The third kappa shape index (κ3) is 4.92. The lowest BCUT2D eigenvalue weighted by atomic mass is 9.94. The molecule has 8 nitrogen and oxygen atoms in total. The number of hydrogen-bond acceptors (Lipinski definition) is 5. The van der Waals surface area contributed by atoms with Gasteiger partial charge in [-0.15, -0.1) is 0 Å². The molecule has 34 heavy (non-hydrogen) atoms. The van der Waals surface area contributed by atoms with Crippen LogP contribution in [0.5, 0.6) is 0 Å². The number of nitrogens with one attached hydrogen (secondary N) is 1. The number of hydrogen-bond donors (Lipinski definition) is 1. The number of benzene rings is 1. The van der Waals surface area contributed by atoms with Crippen molar-refractivity contribution in [1.82, 2.24) is 29.8 Å². The van der Waals surface area contributed by atoms with Crippen LogP contribution in [0.3, 0.4) is 0 Å². The molecule has 0 radical (unpaired) electrons. The first kappa shape index (κ1) is 24.1. The Bertz CT molecular complexity index is 1190. The van der Waals surface area contributed by atoms with Gasteiger partial charge in [-0.05, 0) is 65.8 Å². The summed E-state index contributed by atoms with van der Waals surface area (Å²) in [7, 11) is 2.18. The summed E-state index contributed by atoms with van der Waals surface area (Å²) in [5, 5.41) is 12.8. The van der Waals surface area contributed by atoms with E-state index in [0.717, 1.165) is 29.7 Å². The standard InChI is InChI=1S/C26H36N6O2/c1-18-23-19(2)31(22-14-9-6-10-15-22)29-24(23)26(34)32(28-18)20(3)25(33)27-16-11-17-30(4)21-12-7-5-8-13-21/h6,9-10,14-15,20-21H,5,7-8,11-13,16-17H2,1-4H3,(H,27,33). The molecule has 1 aromatic carbocycles. The zero-order chi connectivity index (χ0) is 24.2. The fourth-order valence-electron chi connectivity index (χ4n) is 5.04. The molecule has 2 heterocycles. The van der Waals surface area contributed by atoms with Gasteiger partial charge in [-0.25, -0.2) is 9.36 Å². The number of aromatic nitrogens is 4. The van der Waals surface area contributed by atoms with Crippen molar-refractivity contribution in [2.75, 3.05) is 20.1 Å². The minimum absolute atomic E-state index is 0.201. The molecule has 1 fully saturated rings. The van der Waals surface area contributed by atoms with Crippen LogP contribution in [0.2, 0.25) is 0 Å². The summed E-state index contributed by atoms with van der Waals surface area (Å²) in [5.74, 6) is -0.201. The number of para-hydroxylation sites is 1. The average molecular weight is 465 g/mol. The summed E-state index contributed by atoms with van der Waals surface area (Å²) in [5.41, 5.74) is 2.41. The molecule has 8 heteroatoms. The van der Waals surface area contributed by atoms with E-state index in [-0.39, 0.29) is 11.5 Å². The van der Waals surface area contributed by atoms with Crippen molar-refractivity contribution < 1.29 is 4.79 Å². The molecule has 1 N–H and O–H groups in total. The van der Waals surface area contributed by atoms with E-state index in [9.17, 15) is 9.59 Å². The van der Waals surface area contributed by atoms with E-state index in [1.807, 2.05) is 44.2 Å². The summed E-state index contributed by atoms with van der Waals surface area (Å²) in [4.78, 5) is 28.5. The predicted octanol–water partition coefficient (Wildman–Crippen LogP) is 3.53. The number of aryl methyl sites for hydroxylation is 2. The third-order valence-electron chi connectivity index (χ3n) is 7.08. The third-order valence-corrected chi connectivity index (χ3v) is 7.08. The van der Waals surface area contributed by atoms with Gasteiger partial charge >= 0.3 is 0 Å². The molecular weight excluding hydrogens is 428 g/mol. The van der Waals surface area contributed by atoms with Crippen molar-refractivity contribution in [1.29, 1.82) is 0 Å². The van der Waals surface area contributed by atoms with Crippen LogP contribution < -0.4 is 10.9 Å². The molecule has 1 aliphatic rings. The summed E-state index contributed by atoms with van der Waals surface area (Å²) >= 11 is 0. The first-order chi connectivity index (χ1) is 16.4. The summed E-state index contributed by atoms with van der Waals surface area (Å²) in [6, 6.07) is 9.65. The largest absolute Gasteiger partial charge is 0.354 e. The Balaban J connectivity index is 1.44. The Kier molecular flexibility index (Phi) is 7.46. The minimum atomic E-state index is -0.714. The van der Waals surface area contributed by atoms with E-state index in [0.29, 0.717) is 23.8 Å². The maximum absolute atomic E-state index is 13.3. The second kappa shape index (κ2) is 10.5. The molecule has 0 bridgehead atoms. The molecule has 1 saturated carbocycles. The zero-order valence-corrected chi connectivity index (χ0v) is 20.8. The van der Waals surface area contributed by atoms with Crippen molar-refractivity contribution in [2.24, 2.45) is 0 Å². The van der Waals surface area contributed by atoms with Gasteiger partial charge in [0.2, 0.25) is 5.91 Å². The predicted molar refractivity (Wildman–Crippen MR) is 134 cm³/mol. The highest BCUT2D eigenvalue weighted by atomic mass is 16.2. The maximum Gasteiger partial charge on any atom is 0.295 e. The number of carbonyl (C=O) groups excluding carboxylic acids is 1. The van der Waals surface area contributed by atoms with Gasteiger partial charge < -0.3 is 10.2 Å². The van der Waals surface area contributed by atoms with Crippen LogP contribution in [0.25, 0.3) is 16.6 Å². The second-order valence-electron chi connectivity index (χ2n) is 9.48. The molecule has 1 atom stereocenters. The van der Waals surface area contributed by atoms with Crippen molar-refractivity contribution in [3.05, 3.63) is 52.1 Å². The second-order valence-corrected chi connectivity index (χ2v) is 9.48. The summed E-state index contributed by atoms with van der Waals surface area (Å²) < 4.78 is 3.03. The van der Waals surface area contributed by atoms with Crippen molar-refractivity contribution >= 4 is 16.8 Å². The number of carbonyl (C=O) groups is 1.